The van der Waals surface area contributed by atoms with Crippen molar-refractivity contribution in [3.63, 3.8) is 0 Å². The number of methoxy groups -OCH3 is 1. The fourth-order valence-corrected chi connectivity index (χ4v) is 4.59. The first-order chi connectivity index (χ1) is 14.9. The first-order valence-corrected chi connectivity index (χ1v) is 10.4. The van der Waals surface area contributed by atoms with Gasteiger partial charge in [-0.1, -0.05) is 0 Å². The lowest BCUT2D eigenvalue weighted by atomic mass is 9.82. The van der Waals surface area contributed by atoms with E-state index in [1.807, 2.05) is 19.9 Å². The Labute approximate surface area is 179 Å². The molecule has 2 aromatic heterocycles. The van der Waals surface area contributed by atoms with Crippen LogP contribution in [-0.4, -0.2) is 57.0 Å². The van der Waals surface area contributed by atoms with E-state index >= 15 is 0 Å². The molecular weight excluding hydrogens is 396 g/mol. The quantitative estimate of drug-likeness (QED) is 0.634. The van der Waals surface area contributed by atoms with Crippen molar-refractivity contribution in [2.24, 2.45) is 0 Å². The molecule has 1 amide bonds. The number of amides is 1. The number of carbonyl (C=O) groups excluding carboxylic acids is 2. The zero-order chi connectivity index (χ0) is 21.8. The SMILES string of the molecule is COc1ccc2c(c1)OC1(CCN(C(=O)c3cnn4c(C)cc(C)nc34)CC1)CC2=O. The monoisotopic (exact) mass is 420 g/mol. The van der Waals surface area contributed by atoms with Crippen LogP contribution in [0.3, 0.4) is 0 Å². The highest BCUT2D eigenvalue weighted by Gasteiger charge is 2.44. The molecule has 5 rings (SSSR count). The summed E-state index contributed by atoms with van der Waals surface area (Å²) in [5.74, 6) is 1.20. The van der Waals surface area contributed by atoms with E-state index in [-0.39, 0.29) is 11.7 Å². The molecular formula is C23H24N4O4. The van der Waals surface area contributed by atoms with Gasteiger partial charge in [0, 0.05) is 43.4 Å². The van der Waals surface area contributed by atoms with Crippen molar-refractivity contribution in [3.8, 4) is 11.5 Å². The van der Waals surface area contributed by atoms with Crippen molar-refractivity contribution in [1.29, 1.82) is 0 Å². The predicted octanol–water partition coefficient (Wildman–Crippen LogP) is 2.99. The highest BCUT2D eigenvalue weighted by Crippen LogP contribution is 2.41. The molecule has 2 aliphatic heterocycles. The Kier molecular flexibility index (Phi) is 4.46. The molecule has 4 heterocycles. The molecule has 1 saturated heterocycles. The highest BCUT2D eigenvalue weighted by atomic mass is 16.5. The van der Waals surface area contributed by atoms with Crippen molar-refractivity contribution in [1.82, 2.24) is 19.5 Å². The number of aryl methyl sites for hydroxylation is 2. The second kappa shape index (κ2) is 7.08. The van der Waals surface area contributed by atoms with E-state index in [4.69, 9.17) is 9.47 Å². The van der Waals surface area contributed by atoms with Gasteiger partial charge in [-0.15, -0.1) is 0 Å². The van der Waals surface area contributed by atoms with E-state index in [1.165, 1.54) is 0 Å². The summed E-state index contributed by atoms with van der Waals surface area (Å²) in [5, 5.41) is 4.34. The van der Waals surface area contributed by atoms with Gasteiger partial charge in [-0.05, 0) is 32.0 Å². The molecule has 0 atom stereocenters. The first kappa shape index (κ1) is 19.5. The molecule has 0 saturated carbocycles. The molecule has 2 aliphatic rings. The molecule has 0 unspecified atom stereocenters. The second-order valence-corrected chi connectivity index (χ2v) is 8.37. The largest absolute Gasteiger partial charge is 0.497 e. The lowest BCUT2D eigenvalue weighted by molar-refractivity contribution is -0.00576. The number of rotatable bonds is 2. The van der Waals surface area contributed by atoms with Crippen LogP contribution < -0.4 is 9.47 Å². The minimum atomic E-state index is -0.584. The van der Waals surface area contributed by atoms with Crippen molar-refractivity contribution in [2.75, 3.05) is 20.2 Å². The van der Waals surface area contributed by atoms with Crippen LogP contribution in [0, 0.1) is 13.8 Å². The average molecular weight is 420 g/mol. The summed E-state index contributed by atoms with van der Waals surface area (Å²) in [6.45, 7) is 4.86. The van der Waals surface area contributed by atoms with E-state index in [2.05, 4.69) is 10.1 Å². The maximum Gasteiger partial charge on any atom is 0.259 e. The van der Waals surface area contributed by atoms with Crippen molar-refractivity contribution in [2.45, 2.75) is 38.7 Å². The van der Waals surface area contributed by atoms with Crippen LogP contribution in [0.15, 0.2) is 30.5 Å². The molecule has 0 bridgehead atoms. The molecule has 8 nitrogen and oxygen atoms in total. The average Bonchev–Trinajstić information content (AvgIpc) is 3.17. The molecule has 1 fully saturated rings. The molecule has 0 N–H and O–H groups in total. The predicted molar refractivity (Wildman–Crippen MR) is 113 cm³/mol. The molecule has 8 heteroatoms. The smallest absolute Gasteiger partial charge is 0.259 e. The standard InChI is InChI=1S/C23H24N4O4/c1-14-10-15(2)27-21(25-14)18(13-24-27)22(29)26-8-6-23(7-9-26)12-19(28)17-5-4-16(30-3)11-20(17)31-23/h4-5,10-11,13H,6-9,12H2,1-3H3. The van der Waals surface area contributed by atoms with Gasteiger partial charge in [-0.25, -0.2) is 9.50 Å². The number of carbonyl (C=O) groups is 2. The third kappa shape index (κ3) is 3.22. The lowest BCUT2D eigenvalue weighted by Crippen LogP contribution is -2.52. The van der Waals surface area contributed by atoms with Crippen LogP contribution >= 0.6 is 0 Å². The van der Waals surface area contributed by atoms with Gasteiger partial charge in [0.15, 0.2) is 11.4 Å². The van der Waals surface area contributed by atoms with Gasteiger partial charge in [0.2, 0.25) is 0 Å². The van der Waals surface area contributed by atoms with Gasteiger partial charge in [0.1, 0.15) is 22.7 Å². The number of hydrogen-bond acceptors (Lipinski definition) is 6. The molecule has 0 radical (unpaired) electrons. The van der Waals surface area contributed by atoms with E-state index in [0.29, 0.717) is 60.6 Å². The number of fused-ring (bicyclic) bond motifs is 2. The minimum absolute atomic E-state index is 0.0708. The zero-order valence-electron chi connectivity index (χ0n) is 17.8. The summed E-state index contributed by atoms with van der Waals surface area (Å²) in [4.78, 5) is 32.3. The normalized spacial score (nSPS) is 17.5. The van der Waals surface area contributed by atoms with Crippen LogP contribution in [0.1, 0.15) is 51.4 Å². The number of Topliss-reactive ketones (excluding diaryl/α,β-unsaturated/α-hetero) is 1. The minimum Gasteiger partial charge on any atom is -0.497 e. The van der Waals surface area contributed by atoms with Crippen LogP contribution in [0.25, 0.3) is 5.65 Å². The van der Waals surface area contributed by atoms with Gasteiger partial charge in [0.25, 0.3) is 5.91 Å². The Morgan fingerprint density at radius 3 is 2.71 bits per heavy atom. The Balaban J connectivity index is 1.36. The van der Waals surface area contributed by atoms with Crippen LogP contribution in [0.5, 0.6) is 11.5 Å². The third-order valence-electron chi connectivity index (χ3n) is 6.27. The zero-order valence-corrected chi connectivity index (χ0v) is 17.8. The van der Waals surface area contributed by atoms with Crippen molar-refractivity contribution < 1.29 is 19.1 Å². The molecule has 31 heavy (non-hydrogen) atoms. The number of likely N-dealkylation sites (tertiary alicyclic amines) is 1. The van der Waals surface area contributed by atoms with Gasteiger partial charge in [-0.3, -0.25) is 9.59 Å². The van der Waals surface area contributed by atoms with Gasteiger partial charge < -0.3 is 14.4 Å². The van der Waals surface area contributed by atoms with Gasteiger partial charge in [0.05, 0.1) is 25.3 Å². The fraction of sp³-hybridized carbons (Fsp3) is 0.391. The summed E-state index contributed by atoms with van der Waals surface area (Å²) < 4.78 is 13.3. The number of ketones is 1. The lowest BCUT2D eigenvalue weighted by Gasteiger charge is -2.43. The topological polar surface area (TPSA) is 86.0 Å². The second-order valence-electron chi connectivity index (χ2n) is 8.37. The number of ether oxygens (including phenoxy) is 2. The van der Waals surface area contributed by atoms with E-state index in [9.17, 15) is 9.59 Å². The van der Waals surface area contributed by atoms with Crippen LogP contribution in [0.4, 0.5) is 0 Å². The number of piperidine rings is 1. The Bertz CT molecular complexity index is 1210. The van der Waals surface area contributed by atoms with Crippen molar-refractivity contribution >= 4 is 17.3 Å². The summed E-state index contributed by atoms with van der Waals surface area (Å²) in [7, 11) is 1.59. The van der Waals surface area contributed by atoms with Gasteiger partial charge in [-0.2, -0.15) is 5.10 Å². The maximum atomic E-state index is 13.2. The Morgan fingerprint density at radius 2 is 1.97 bits per heavy atom. The fourth-order valence-electron chi connectivity index (χ4n) is 4.59. The maximum absolute atomic E-state index is 13.2. The number of hydrogen-bond donors (Lipinski definition) is 0. The molecule has 1 spiro atoms. The highest BCUT2D eigenvalue weighted by molar-refractivity contribution is 6.01. The molecule has 1 aromatic carbocycles. The number of nitrogens with zero attached hydrogens (tertiary/aromatic N) is 4. The van der Waals surface area contributed by atoms with E-state index in [0.717, 1.165) is 11.4 Å². The van der Waals surface area contributed by atoms with Gasteiger partial charge >= 0.3 is 0 Å². The Morgan fingerprint density at radius 1 is 1.19 bits per heavy atom. The Hall–Kier alpha value is -3.42. The summed E-state index contributed by atoms with van der Waals surface area (Å²) >= 11 is 0. The first-order valence-electron chi connectivity index (χ1n) is 10.4. The van der Waals surface area contributed by atoms with Crippen LogP contribution in [-0.2, 0) is 0 Å². The summed E-state index contributed by atoms with van der Waals surface area (Å²) in [6, 6.07) is 7.22. The van der Waals surface area contributed by atoms with Crippen LogP contribution in [0.2, 0.25) is 0 Å². The molecule has 3 aromatic rings. The number of aromatic nitrogens is 3. The molecule has 160 valence electrons. The third-order valence-corrected chi connectivity index (χ3v) is 6.27. The number of benzene rings is 1. The summed E-state index contributed by atoms with van der Waals surface area (Å²) in [5.41, 5.74) is 2.86. The molecule has 0 aliphatic carbocycles. The summed E-state index contributed by atoms with van der Waals surface area (Å²) in [6.07, 6.45) is 3.09. The van der Waals surface area contributed by atoms with Crippen molar-refractivity contribution in [3.05, 3.63) is 53.0 Å². The van der Waals surface area contributed by atoms with E-state index < -0.39 is 5.60 Å². The van der Waals surface area contributed by atoms with E-state index in [1.54, 1.807) is 40.9 Å².